The van der Waals surface area contributed by atoms with Gasteiger partial charge in [-0.3, -0.25) is 4.68 Å². The van der Waals surface area contributed by atoms with Crippen LogP contribution in [0, 0.1) is 0 Å². The highest BCUT2D eigenvalue weighted by Crippen LogP contribution is 2.35. The second-order valence-corrected chi connectivity index (χ2v) is 4.68. The van der Waals surface area contributed by atoms with Gasteiger partial charge in [0.2, 0.25) is 5.95 Å². The van der Waals surface area contributed by atoms with Crippen molar-refractivity contribution in [3.8, 4) is 11.3 Å². The van der Waals surface area contributed by atoms with Crippen LogP contribution in [-0.4, -0.2) is 31.0 Å². The molecular weight excluding hydrogens is 287 g/mol. The van der Waals surface area contributed by atoms with E-state index in [1.807, 2.05) is 0 Å². The average Bonchev–Trinajstić information content (AvgIpc) is 2.85. The Labute approximate surface area is 118 Å². The molecule has 2 aromatic heterocycles. The first kappa shape index (κ1) is 15.2. The fourth-order valence-electron chi connectivity index (χ4n) is 1.73. The summed E-state index contributed by atoms with van der Waals surface area (Å²) in [5.74, 6) is -0.255. The topological polar surface area (TPSA) is 89.8 Å². The summed E-state index contributed by atoms with van der Waals surface area (Å²) >= 11 is 0. The molecule has 0 bridgehead atoms. The lowest BCUT2D eigenvalue weighted by atomic mass is 10.1. The molecular formula is C12H14F3N5O. The van der Waals surface area contributed by atoms with Crippen LogP contribution in [0.3, 0.4) is 0 Å². The van der Waals surface area contributed by atoms with Gasteiger partial charge in [-0.2, -0.15) is 18.3 Å². The molecule has 2 rings (SSSR count). The Morgan fingerprint density at radius 3 is 2.52 bits per heavy atom. The number of aliphatic hydroxyl groups excluding tert-OH is 1. The van der Waals surface area contributed by atoms with Gasteiger partial charge in [0.15, 0.2) is 0 Å². The van der Waals surface area contributed by atoms with Gasteiger partial charge < -0.3 is 10.8 Å². The first-order valence-corrected chi connectivity index (χ1v) is 6.12. The fourth-order valence-corrected chi connectivity index (χ4v) is 1.73. The lowest BCUT2D eigenvalue weighted by Gasteiger charge is -2.14. The molecule has 0 amide bonds. The summed E-state index contributed by atoms with van der Waals surface area (Å²) < 4.78 is 40.3. The smallest absolute Gasteiger partial charge is 0.391 e. The minimum Gasteiger partial charge on any atom is -0.391 e. The van der Waals surface area contributed by atoms with E-state index in [-0.39, 0.29) is 23.2 Å². The number of anilines is 1. The second-order valence-electron chi connectivity index (χ2n) is 4.68. The zero-order valence-electron chi connectivity index (χ0n) is 11.3. The van der Waals surface area contributed by atoms with Gasteiger partial charge in [-0.15, -0.1) is 0 Å². The standard InChI is InChI=1S/C12H14F3N5O/c1-6(7(2)21)20-5-8(3-18-20)10-9(12(13,14)15)4-17-11(16)19-10/h3-7,21H,1-2H3,(H2,16,17,19)/t6-,7+/m0/s1. The Kier molecular flexibility index (Phi) is 3.86. The summed E-state index contributed by atoms with van der Waals surface area (Å²) in [6, 6.07) is -0.382. The van der Waals surface area contributed by atoms with Crippen LogP contribution in [0.4, 0.5) is 19.1 Å². The number of hydrogen-bond acceptors (Lipinski definition) is 5. The maximum atomic E-state index is 13.0. The zero-order chi connectivity index (χ0) is 15.8. The van der Waals surface area contributed by atoms with E-state index in [0.29, 0.717) is 6.20 Å². The van der Waals surface area contributed by atoms with Crippen molar-refractivity contribution >= 4 is 5.95 Å². The van der Waals surface area contributed by atoms with Crippen LogP contribution in [-0.2, 0) is 6.18 Å². The molecule has 2 atom stereocenters. The monoisotopic (exact) mass is 301 g/mol. The van der Waals surface area contributed by atoms with Crippen molar-refractivity contribution < 1.29 is 18.3 Å². The maximum absolute atomic E-state index is 13.0. The van der Waals surface area contributed by atoms with Gasteiger partial charge in [0.05, 0.1) is 24.0 Å². The van der Waals surface area contributed by atoms with Crippen LogP contribution in [0.1, 0.15) is 25.5 Å². The van der Waals surface area contributed by atoms with Crippen molar-refractivity contribution in [2.24, 2.45) is 0 Å². The van der Waals surface area contributed by atoms with Gasteiger partial charge in [-0.1, -0.05) is 0 Å². The van der Waals surface area contributed by atoms with Crippen molar-refractivity contribution in [3.63, 3.8) is 0 Å². The van der Waals surface area contributed by atoms with Crippen molar-refractivity contribution in [1.29, 1.82) is 0 Å². The summed E-state index contributed by atoms with van der Waals surface area (Å²) in [5, 5.41) is 13.5. The SMILES string of the molecule is C[C@@H](O)[C@H](C)n1cc(-c2nc(N)ncc2C(F)(F)F)cn1. The number of alkyl halides is 3. The number of halogens is 3. The van der Waals surface area contributed by atoms with E-state index in [1.54, 1.807) is 13.8 Å². The third-order valence-corrected chi connectivity index (χ3v) is 3.10. The highest BCUT2D eigenvalue weighted by Gasteiger charge is 2.35. The molecule has 114 valence electrons. The van der Waals surface area contributed by atoms with Crippen molar-refractivity contribution in [1.82, 2.24) is 19.7 Å². The van der Waals surface area contributed by atoms with Crippen LogP contribution >= 0.6 is 0 Å². The number of rotatable bonds is 3. The number of nitrogen functional groups attached to an aromatic ring is 1. The molecule has 2 aromatic rings. The first-order chi connectivity index (χ1) is 9.70. The highest BCUT2D eigenvalue weighted by atomic mass is 19.4. The number of nitrogens with zero attached hydrogens (tertiary/aromatic N) is 4. The van der Waals surface area contributed by atoms with Crippen LogP contribution in [0.25, 0.3) is 11.3 Å². The van der Waals surface area contributed by atoms with Crippen LogP contribution in [0.15, 0.2) is 18.6 Å². The van der Waals surface area contributed by atoms with Gasteiger partial charge in [0.1, 0.15) is 5.56 Å². The number of aliphatic hydroxyl groups is 1. The van der Waals surface area contributed by atoms with E-state index in [0.717, 1.165) is 0 Å². The Bertz CT molecular complexity index is 638. The molecule has 0 aliphatic heterocycles. The average molecular weight is 301 g/mol. The molecule has 0 unspecified atom stereocenters. The number of nitrogens with two attached hydrogens (primary N) is 1. The van der Waals surface area contributed by atoms with Crippen molar-refractivity contribution in [3.05, 3.63) is 24.2 Å². The van der Waals surface area contributed by atoms with Gasteiger partial charge in [-0.05, 0) is 13.8 Å². The van der Waals surface area contributed by atoms with E-state index >= 15 is 0 Å². The number of aromatic nitrogens is 4. The van der Waals surface area contributed by atoms with Crippen LogP contribution in [0.2, 0.25) is 0 Å². The molecule has 0 aliphatic rings. The molecule has 3 N–H and O–H groups in total. The summed E-state index contributed by atoms with van der Waals surface area (Å²) in [6.45, 7) is 3.26. The third-order valence-electron chi connectivity index (χ3n) is 3.10. The molecule has 0 radical (unpaired) electrons. The predicted octanol–water partition coefficient (Wildman–Crippen LogP) is 1.88. The van der Waals surface area contributed by atoms with Gasteiger partial charge in [0.25, 0.3) is 0 Å². The van der Waals surface area contributed by atoms with Gasteiger partial charge in [0, 0.05) is 18.0 Å². The minimum atomic E-state index is -4.60. The predicted molar refractivity (Wildman–Crippen MR) is 69.1 cm³/mol. The summed E-state index contributed by atoms with van der Waals surface area (Å²) in [5.41, 5.74) is 4.20. The summed E-state index contributed by atoms with van der Waals surface area (Å²) in [6.07, 6.45) is -2.02. The number of hydrogen-bond donors (Lipinski definition) is 2. The lowest BCUT2D eigenvalue weighted by molar-refractivity contribution is -0.137. The quantitative estimate of drug-likeness (QED) is 0.903. The molecule has 0 saturated carbocycles. The Balaban J connectivity index is 2.50. The minimum absolute atomic E-state index is 0.156. The molecule has 0 spiro atoms. The van der Waals surface area contributed by atoms with Crippen LogP contribution in [0.5, 0.6) is 0 Å². The Hall–Kier alpha value is -2.16. The molecule has 0 fully saturated rings. The van der Waals surface area contributed by atoms with E-state index in [1.165, 1.54) is 17.1 Å². The largest absolute Gasteiger partial charge is 0.419 e. The molecule has 2 heterocycles. The Morgan fingerprint density at radius 1 is 1.29 bits per heavy atom. The normalized spacial score (nSPS) is 15.0. The molecule has 0 saturated heterocycles. The highest BCUT2D eigenvalue weighted by molar-refractivity contribution is 5.63. The molecule has 21 heavy (non-hydrogen) atoms. The fraction of sp³-hybridized carbons (Fsp3) is 0.417. The lowest BCUT2D eigenvalue weighted by Crippen LogP contribution is -2.18. The van der Waals surface area contributed by atoms with E-state index in [2.05, 4.69) is 15.1 Å². The zero-order valence-corrected chi connectivity index (χ0v) is 11.3. The molecule has 0 aromatic carbocycles. The molecule has 0 aliphatic carbocycles. The first-order valence-electron chi connectivity index (χ1n) is 6.12. The van der Waals surface area contributed by atoms with E-state index in [4.69, 9.17) is 5.73 Å². The van der Waals surface area contributed by atoms with Gasteiger partial charge in [-0.25, -0.2) is 9.97 Å². The Morgan fingerprint density at radius 2 is 1.95 bits per heavy atom. The maximum Gasteiger partial charge on any atom is 0.419 e. The van der Waals surface area contributed by atoms with Gasteiger partial charge >= 0.3 is 6.18 Å². The van der Waals surface area contributed by atoms with Crippen molar-refractivity contribution in [2.45, 2.75) is 32.2 Å². The summed E-state index contributed by atoms with van der Waals surface area (Å²) in [7, 11) is 0. The van der Waals surface area contributed by atoms with Crippen LogP contribution < -0.4 is 5.73 Å². The molecule has 9 heteroatoms. The summed E-state index contributed by atoms with van der Waals surface area (Å²) in [4.78, 5) is 7.04. The third kappa shape index (κ3) is 3.13. The van der Waals surface area contributed by atoms with Crippen molar-refractivity contribution in [2.75, 3.05) is 5.73 Å². The van der Waals surface area contributed by atoms with E-state index < -0.39 is 17.8 Å². The second kappa shape index (κ2) is 5.32. The molecule has 6 nitrogen and oxygen atoms in total. The van der Waals surface area contributed by atoms with E-state index in [9.17, 15) is 18.3 Å².